The molecule has 0 aliphatic heterocycles. The Morgan fingerprint density at radius 1 is 0.780 bits per heavy atom. The number of rotatable bonds is 8. The van der Waals surface area contributed by atoms with Crippen LogP contribution in [0, 0.1) is 27.7 Å². The lowest BCUT2D eigenvalue weighted by Gasteiger charge is -2.12. The number of carbonyl (C=O) groups is 2. The second-order valence-corrected chi connectivity index (χ2v) is 9.94. The van der Waals surface area contributed by atoms with E-state index in [1.807, 2.05) is 71.0 Å². The molecule has 0 spiro atoms. The van der Waals surface area contributed by atoms with Crippen LogP contribution in [0.1, 0.15) is 73.1 Å². The van der Waals surface area contributed by atoms with Gasteiger partial charge >= 0.3 is 11.9 Å². The van der Waals surface area contributed by atoms with E-state index in [9.17, 15) is 9.59 Å². The van der Waals surface area contributed by atoms with E-state index in [4.69, 9.17) is 10.5 Å². The molecule has 0 aliphatic rings. The molecule has 0 amide bonds. The zero-order chi connectivity index (χ0) is 29.4. The summed E-state index contributed by atoms with van der Waals surface area (Å²) in [6.07, 6.45) is 0.562. The van der Waals surface area contributed by atoms with Crippen molar-refractivity contribution in [3.8, 4) is 22.3 Å². The number of nitrogens with one attached hydrogen (secondary N) is 2. The average molecular weight is 562 g/mol. The number of aromatic nitrogens is 4. The third-order valence-corrected chi connectivity index (χ3v) is 6.92. The van der Waals surface area contributed by atoms with Crippen LogP contribution in [-0.2, 0) is 19.1 Å². The Hall–Kier alpha value is -4.24. The van der Waals surface area contributed by atoms with E-state index in [0.717, 1.165) is 56.2 Å². The van der Waals surface area contributed by atoms with Gasteiger partial charge < -0.3 is 15.2 Å². The number of aryl methyl sites for hydroxylation is 4. The van der Waals surface area contributed by atoms with Gasteiger partial charge in [0, 0.05) is 28.6 Å². The number of hydrogen-bond donors (Lipinski definition) is 3. The standard InChI is InChI=1S/C16H20N2O2.C15H19N3O2.CH4/c1-10(8-15(19)20-4)13-6-5-7-14(9-13)16-11(2)17-18-12(16)3;1-9-15(10(2)18-17-9)12-6-4-5-11(7-12)13(16)8-14(19)20-3;/h5-7,9-10H,8H2,1-4H3,(H,17,18);4-7,13H,8,16H2,1-3H3,(H,17,18);1H4/t10-;13-;/m00./s1. The van der Waals surface area contributed by atoms with Crippen LogP contribution in [0.5, 0.6) is 0 Å². The molecule has 0 saturated heterocycles. The molecule has 0 radical (unpaired) electrons. The third kappa shape index (κ3) is 8.38. The highest BCUT2D eigenvalue weighted by molar-refractivity contribution is 5.73. The molecular weight excluding hydrogens is 518 g/mol. The third-order valence-electron chi connectivity index (χ3n) is 6.92. The van der Waals surface area contributed by atoms with Crippen LogP contribution >= 0.6 is 0 Å². The zero-order valence-corrected chi connectivity index (χ0v) is 24.3. The number of H-pyrrole nitrogens is 2. The Morgan fingerprint density at radius 2 is 1.22 bits per heavy atom. The maximum Gasteiger partial charge on any atom is 0.307 e. The molecule has 9 heteroatoms. The van der Waals surface area contributed by atoms with E-state index in [1.54, 1.807) is 0 Å². The second kappa shape index (κ2) is 14.9. The van der Waals surface area contributed by atoms with Gasteiger partial charge in [-0.2, -0.15) is 10.2 Å². The molecular formula is C32H43N5O4. The van der Waals surface area contributed by atoms with Gasteiger partial charge in [-0.1, -0.05) is 56.8 Å². The van der Waals surface area contributed by atoms with Gasteiger partial charge in [-0.05, 0) is 61.9 Å². The zero-order valence-electron chi connectivity index (χ0n) is 24.3. The molecule has 2 atom stereocenters. The predicted molar refractivity (Wildman–Crippen MR) is 162 cm³/mol. The quantitative estimate of drug-likeness (QED) is 0.216. The molecule has 2 aromatic heterocycles. The molecule has 220 valence electrons. The number of benzene rings is 2. The van der Waals surface area contributed by atoms with E-state index >= 15 is 0 Å². The predicted octanol–water partition coefficient (Wildman–Crippen LogP) is 6.25. The average Bonchev–Trinajstić information content (AvgIpc) is 3.47. The van der Waals surface area contributed by atoms with E-state index in [0.29, 0.717) is 6.42 Å². The number of carbonyl (C=O) groups excluding carboxylic acids is 2. The Labute approximate surface area is 242 Å². The van der Waals surface area contributed by atoms with Crippen molar-refractivity contribution in [2.75, 3.05) is 14.2 Å². The van der Waals surface area contributed by atoms with Crippen molar-refractivity contribution in [2.24, 2.45) is 5.73 Å². The summed E-state index contributed by atoms with van der Waals surface area (Å²) >= 11 is 0. The fraction of sp³-hybridized carbons (Fsp3) is 0.375. The van der Waals surface area contributed by atoms with Crippen LogP contribution in [0.25, 0.3) is 22.3 Å². The first-order valence-corrected chi connectivity index (χ1v) is 13.2. The van der Waals surface area contributed by atoms with E-state index < -0.39 is 0 Å². The molecule has 4 rings (SSSR count). The number of hydrogen-bond acceptors (Lipinski definition) is 7. The highest BCUT2D eigenvalue weighted by Crippen LogP contribution is 2.30. The first-order chi connectivity index (χ1) is 19.0. The minimum atomic E-state index is -0.366. The van der Waals surface area contributed by atoms with Crippen molar-refractivity contribution >= 4 is 11.9 Å². The summed E-state index contributed by atoms with van der Waals surface area (Å²) in [5.74, 6) is -0.355. The van der Waals surface area contributed by atoms with Gasteiger partial charge in [0.1, 0.15) is 0 Å². The van der Waals surface area contributed by atoms with E-state index in [1.165, 1.54) is 14.2 Å². The lowest BCUT2D eigenvalue weighted by atomic mass is 9.93. The molecule has 0 aliphatic carbocycles. The van der Waals surface area contributed by atoms with E-state index in [-0.39, 0.29) is 37.7 Å². The number of esters is 2. The number of methoxy groups -OCH3 is 2. The summed E-state index contributed by atoms with van der Waals surface area (Å²) in [6, 6.07) is 15.8. The largest absolute Gasteiger partial charge is 0.469 e. The van der Waals surface area contributed by atoms with Crippen LogP contribution < -0.4 is 5.73 Å². The minimum absolute atomic E-state index is 0. The number of ether oxygens (including phenoxy) is 2. The molecule has 0 saturated carbocycles. The van der Waals surface area contributed by atoms with Gasteiger partial charge in [0.2, 0.25) is 0 Å². The van der Waals surface area contributed by atoms with Crippen molar-refractivity contribution in [2.45, 2.75) is 66.8 Å². The SMILES string of the molecule is C.COC(=O)C[C@H](C)c1cccc(-c2c(C)n[nH]c2C)c1.COC(=O)C[C@H](N)c1cccc(-c2c(C)n[nH]c2C)c1. The highest BCUT2D eigenvalue weighted by Gasteiger charge is 2.16. The maximum atomic E-state index is 11.4. The van der Waals surface area contributed by atoms with Crippen LogP contribution in [0.2, 0.25) is 0 Å². The summed E-state index contributed by atoms with van der Waals surface area (Å²) in [5.41, 5.74) is 16.5. The van der Waals surface area contributed by atoms with Gasteiger partial charge in [-0.3, -0.25) is 19.8 Å². The fourth-order valence-electron chi connectivity index (χ4n) is 4.71. The van der Waals surface area contributed by atoms with Gasteiger partial charge in [0.15, 0.2) is 0 Å². The second-order valence-electron chi connectivity index (χ2n) is 9.94. The summed E-state index contributed by atoms with van der Waals surface area (Å²) in [5, 5.41) is 14.4. The van der Waals surface area contributed by atoms with Crippen molar-refractivity contribution in [1.29, 1.82) is 0 Å². The highest BCUT2D eigenvalue weighted by atomic mass is 16.5. The van der Waals surface area contributed by atoms with Gasteiger partial charge in [-0.15, -0.1) is 0 Å². The first-order valence-electron chi connectivity index (χ1n) is 13.2. The van der Waals surface area contributed by atoms with Gasteiger partial charge in [0.25, 0.3) is 0 Å². The summed E-state index contributed by atoms with van der Waals surface area (Å²) in [6.45, 7) is 9.98. The first kappa shape index (κ1) is 33.0. The Bertz CT molecular complexity index is 1310. The summed E-state index contributed by atoms with van der Waals surface area (Å²) < 4.78 is 9.38. The van der Waals surface area contributed by atoms with Crippen molar-refractivity contribution in [1.82, 2.24) is 20.4 Å². The molecule has 2 aromatic carbocycles. The molecule has 41 heavy (non-hydrogen) atoms. The monoisotopic (exact) mass is 561 g/mol. The van der Waals surface area contributed by atoms with Crippen LogP contribution in [0.3, 0.4) is 0 Å². The fourth-order valence-corrected chi connectivity index (χ4v) is 4.71. The summed E-state index contributed by atoms with van der Waals surface area (Å²) in [7, 11) is 2.79. The van der Waals surface area contributed by atoms with Gasteiger partial charge in [0.05, 0.1) is 38.4 Å². The van der Waals surface area contributed by atoms with Crippen molar-refractivity contribution < 1.29 is 19.1 Å². The molecule has 2 heterocycles. The Balaban J connectivity index is 0.000000280. The lowest BCUT2D eigenvalue weighted by molar-refractivity contribution is -0.141. The summed E-state index contributed by atoms with van der Waals surface area (Å²) in [4.78, 5) is 22.7. The molecule has 4 N–H and O–H groups in total. The van der Waals surface area contributed by atoms with Crippen molar-refractivity contribution in [3.05, 3.63) is 82.4 Å². The Kier molecular flexibility index (Phi) is 12.0. The van der Waals surface area contributed by atoms with Crippen LogP contribution in [0.15, 0.2) is 48.5 Å². The smallest absolute Gasteiger partial charge is 0.307 e. The van der Waals surface area contributed by atoms with Gasteiger partial charge in [-0.25, -0.2) is 0 Å². The molecule has 9 nitrogen and oxygen atoms in total. The number of nitrogens with two attached hydrogens (primary N) is 1. The topological polar surface area (TPSA) is 136 Å². The molecule has 4 aromatic rings. The van der Waals surface area contributed by atoms with Crippen LogP contribution in [0.4, 0.5) is 0 Å². The Morgan fingerprint density at radius 3 is 1.66 bits per heavy atom. The lowest BCUT2D eigenvalue weighted by Crippen LogP contribution is -2.16. The molecule has 0 bridgehead atoms. The normalized spacial score (nSPS) is 11.9. The van der Waals surface area contributed by atoms with E-state index in [2.05, 4.69) is 37.3 Å². The van der Waals surface area contributed by atoms with Crippen molar-refractivity contribution in [3.63, 3.8) is 0 Å². The molecule has 0 unspecified atom stereocenters. The van der Waals surface area contributed by atoms with Crippen LogP contribution in [-0.4, -0.2) is 46.6 Å². The number of nitrogens with zero attached hydrogens (tertiary/aromatic N) is 2. The minimum Gasteiger partial charge on any atom is -0.469 e. The molecule has 0 fully saturated rings. The maximum absolute atomic E-state index is 11.4. The number of aromatic amines is 2.